The lowest BCUT2D eigenvalue weighted by Crippen LogP contribution is -2.00. The van der Waals surface area contributed by atoms with E-state index < -0.39 is 0 Å². The van der Waals surface area contributed by atoms with Crippen LogP contribution in [0.25, 0.3) is 0 Å². The molecule has 2 atom stereocenters. The molecule has 3 nitrogen and oxygen atoms in total. The van der Waals surface area contributed by atoms with Gasteiger partial charge >= 0.3 is 5.97 Å². The molecule has 0 radical (unpaired) electrons. The molecule has 0 unspecified atom stereocenters. The average molecular weight is 234 g/mol. The first kappa shape index (κ1) is 11.5. The predicted molar refractivity (Wildman–Crippen MR) is 58.2 cm³/mol. The first-order chi connectivity index (χ1) is 6.22. The van der Waals surface area contributed by atoms with Crippen LogP contribution in [0.2, 0.25) is 0 Å². The fourth-order valence-electron chi connectivity index (χ4n) is 1.31. The van der Waals surface area contributed by atoms with Crippen LogP contribution in [-0.2, 0) is 4.74 Å². The fraction of sp³-hybridized carbons (Fsp3) is 0.444. The Hall–Kier alpha value is -0.580. The van der Waals surface area contributed by atoms with Crippen LogP contribution in [0.1, 0.15) is 27.6 Å². The van der Waals surface area contributed by atoms with E-state index in [2.05, 4.69) is 4.74 Å². The van der Waals surface area contributed by atoms with Crippen molar-refractivity contribution in [1.29, 1.82) is 0 Å². The van der Waals surface area contributed by atoms with Crippen LogP contribution in [-0.4, -0.2) is 19.1 Å². The van der Waals surface area contributed by atoms with Crippen molar-refractivity contribution in [3.63, 3.8) is 0 Å². The zero-order valence-electron chi connectivity index (χ0n) is 7.73. The molecule has 1 aliphatic rings. The van der Waals surface area contributed by atoms with Gasteiger partial charge < -0.3 is 10.5 Å². The number of thiophene rings is 1. The SMILES string of the molecule is COC(=O)c1csc([C@@H]2C[C@H]2N)c1.Cl. The number of carbonyl (C=O) groups is 1. The van der Waals surface area contributed by atoms with Crippen molar-refractivity contribution >= 4 is 29.7 Å². The number of rotatable bonds is 2. The van der Waals surface area contributed by atoms with Crippen LogP contribution >= 0.6 is 23.7 Å². The summed E-state index contributed by atoms with van der Waals surface area (Å²) in [5.74, 6) is 0.208. The summed E-state index contributed by atoms with van der Waals surface area (Å²) in [6, 6.07) is 2.18. The van der Waals surface area contributed by atoms with Gasteiger partial charge in [0.15, 0.2) is 0 Å². The van der Waals surface area contributed by atoms with Crippen LogP contribution in [0.3, 0.4) is 0 Å². The van der Waals surface area contributed by atoms with Gasteiger partial charge in [0, 0.05) is 22.2 Å². The molecule has 0 bridgehead atoms. The Morgan fingerprint density at radius 1 is 1.71 bits per heavy atom. The third-order valence-corrected chi connectivity index (χ3v) is 3.31. The minimum atomic E-state index is -0.267. The number of halogens is 1. The van der Waals surface area contributed by atoms with Crippen molar-refractivity contribution in [2.45, 2.75) is 18.4 Å². The van der Waals surface area contributed by atoms with E-state index >= 15 is 0 Å². The van der Waals surface area contributed by atoms with Crippen molar-refractivity contribution in [3.8, 4) is 0 Å². The van der Waals surface area contributed by atoms with Gasteiger partial charge in [0.1, 0.15) is 0 Å². The summed E-state index contributed by atoms with van der Waals surface area (Å²) in [7, 11) is 1.39. The first-order valence-corrected chi connectivity index (χ1v) is 5.02. The second-order valence-electron chi connectivity index (χ2n) is 3.24. The van der Waals surface area contributed by atoms with E-state index in [0.717, 1.165) is 6.42 Å². The van der Waals surface area contributed by atoms with Gasteiger partial charge in [-0.05, 0) is 12.5 Å². The maximum absolute atomic E-state index is 11.1. The Kier molecular flexibility index (Phi) is 3.53. The van der Waals surface area contributed by atoms with E-state index in [1.54, 1.807) is 11.3 Å². The topological polar surface area (TPSA) is 52.3 Å². The summed E-state index contributed by atoms with van der Waals surface area (Å²) in [6.45, 7) is 0. The van der Waals surface area contributed by atoms with E-state index in [-0.39, 0.29) is 18.4 Å². The standard InChI is InChI=1S/C9H11NO2S.ClH/c1-12-9(11)5-2-8(13-4-5)6-3-7(6)10;/h2,4,6-7H,3,10H2,1H3;1H/t6-,7-;/m1./s1. The molecule has 0 saturated heterocycles. The van der Waals surface area contributed by atoms with Crippen molar-refractivity contribution in [1.82, 2.24) is 0 Å². The van der Waals surface area contributed by atoms with Gasteiger partial charge in [0.25, 0.3) is 0 Å². The van der Waals surface area contributed by atoms with Crippen molar-refractivity contribution in [2.24, 2.45) is 5.73 Å². The highest BCUT2D eigenvalue weighted by atomic mass is 35.5. The summed E-state index contributed by atoms with van der Waals surface area (Å²) in [5, 5.41) is 1.83. The maximum atomic E-state index is 11.1. The average Bonchev–Trinajstić information content (AvgIpc) is 2.70. The number of hydrogen-bond acceptors (Lipinski definition) is 4. The van der Waals surface area contributed by atoms with Crippen molar-refractivity contribution < 1.29 is 9.53 Å². The highest BCUT2D eigenvalue weighted by Crippen LogP contribution is 2.41. The molecular formula is C9H12ClNO2S. The number of hydrogen-bond donors (Lipinski definition) is 1. The molecule has 14 heavy (non-hydrogen) atoms. The van der Waals surface area contributed by atoms with Gasteiger partial charge in [-0.3, -0.25) is 0 Å². The molecule has 2 N–H and O–H groups in total. The molecule has 0 spiro atoms. The highest BCUT2D eigenvalue weighted by molar-refractivity contribution is 7.10. The number of carbonyl (C=O) groups excluding carboxylic acids is 1. The van der Waals surface area contributed by atoms with Crippen LogP contribution in [0.5, 0.6) is 0 Å². The highest BCUT2D eigenvalue weighted by Gasteiger charge is 2.36. The van der Waals surface area contributed by atoms with Gasteiger partial charge in [0.05, 0.1) is 12.7 Å². The summed E-state index contributed by atoms with van der Waals surface area (Å²) in [5.41, 5.74) is 6.35. The molecule has 1 heterocycles. The number of nitrogens with two attached hydrogens (primary N) is 1. The molecule has 1 aromatic heterocycles. The summed E-state index contributed by atoms with van der Waals surface area (Å²) < 4.78 is 4.61. The Morgan fingerprint density at radius 2 is 2.36 bits per heavy atom. The van der Waals surface area contributed by atoms with Gasteiger partial charge in [0.2, 0.25) is 0 Å². The largest absolute Gasteiger partial charge is 0.465 e. The van der Waals surface area contributed by atoms with Gasteiger partial charge in [-0.2, -0.15) is 0 Å². The van der Waals surface area contributed by atoms with Crippen molar-refractivity contribution in [2.75, 3.05) is 7.11 Å². The maximum Gasteiger partial charge on any atom is 0.338 e. The van der Waals surface area contributed by atoms with E-state index in [1.807, 2.05) is 11.4 Å². The Morgan fingerprint density at radius 3 is 2.86 bits per heavy atom. The molecule has 1 aliphatic carbocycles. The number of ether oxygens (including phenoxy) is 1. The second kappa shape index (κ2) is 4.29. The molecular weight excluding hydrogens is 222 g/mol. The molecule has 0 aliphatic heterocycles. The molecule has 78 valence electrons. The van der Waals surface area contributed by atoms with E-state index in [1.165, 1.54) is 12.0 Å². The Labute approximate surface area is 92.7 Å². The smallest absolute Gasteiger partial charge is 0.338 e. The van der Waals surface area contributed by atoms with Crippen LogP contribution in [0, 0.1) is 0 Å². The second-order valence-corrected chi connectivity index (χ2v) is 4.18. The molecule has 1 fully saturated rings. The number of esters is 1. The summed E-state index contributed by atoms with van der Waals surface area (Å²) in [6.07, 6.45) is 1.04. The van der Waals surface area contributed by atoms with Gasteiger partial charge in [-0.15, -0.1) is 23.7 Å². The zero-order chi connectivity index (χ0) is 9.42. The molecule has 5 heteroatoms. The normalized spacial score (nSPS) is 23.9. The minimum Gasteiger partial charge on any atom is -0.465 e. The van der Waals surface area contributed by atoms with E-state index in [9.17, 15) is 4.79 Å². The fourth-order valence-corrected chi connectivity index (χ4v) is 2.38. The molecule has 2 rings (SSSR count). The van der Waals surface area contributed by atoms with E-state index in [4.69, 9.17) is 5.73 Å². The lowest BCUT2D eigenvalue weighted by atomic mass is 10.2. The molecule has 1 aromatic rings. The summed E-state index contributed by atoms with van der Waals surface area (Å²) in [4.78, 5) is 12.3. The van der Waals surface area contributed by atoms with Crippen LogP contribution in [0.15, 0.2) is 11.4 Å². The number of methoxy groups -OCH3 is 1. The monoisotopic (exact) mass is 233 g/mol. The Bertz CT molecular complexity index is 339. The lowest BCUT2D eigenvalue weighted by Gasteiger charge is -1.92. The predicted octanol–water partition coefficient (Wildman–Crippen LogP) is 1.77. The molecule has 1 saturated carbocycles. The minimum absolute atomic E-state index is 0. The van der Waals surface area contributed by atoms with E-state index in [0.29, 0.717) is 17.5 Å². The molecule has 0 amide bonds. The first-order valence-electron chi connectivity index (χ1n) is 4.14. The third-order valence-electron chi connectivity index (χ3n) is 2.25. The van der Waals surface area contributed by atoms with Gasteiger partial charge in [-0.1, -0.05) is 0 Å². The lowest BCUT2D eigenvalue weighted by molar-refractivity contribution is 0.0601. The third kappa shape index (κ3) is 2.08. The summed E-state index contributed by atoms with van der Waals surface area (Å²) >= 11 is 1.59. The zero-order valence-corrected chi connectivity index (χ0v) is 9.36. The quantitative estimate of drug-likeness (QED) is 0.793. The van der Waals surface area contributed by atoms with Crippen molar-refractivity contribution in [3.05, 3.63) is 21.9 Å². The van der Waals surface area contributed by atoms with Gasteiger partial charge in [-0.25, -0.2) is 4.79 Å². The van der Waals surface area contributed by atoms with Crippen LogP contribution in [0.4, 0.5) is 0 Å². The Balaban J connectivity index is 0.000000980. The molecule has 0 aromatic carbocycles. The van der Waals surface area contributed by atoms with Crippen LogP contribution < -0.4 is 5.73 Å².